The first-order valence-corrected chi connectivity index (χ1v) is 11.4. The Kier molecular flexibility index (Phi) is 6.46. The maximum atomic E-state index is 13.2. The monoisotopic (exact) mass is 429 g/mol. The van der Waals surface area contributed by atoms with Gasteiger partial charge in [-0.15, -0.1) is 0 Å². The zero-order valence-electron chi connectivity index (χ0n) is 17.0. The Bertz CT molecular complexity index is 1150. The van der Waals surface area contributed by atoms with Gasteiger partial charge in [0, 0.05) is 13.1 Å². The molecule has 4 aromatic rings. The topological polar surface area (TPSA) is 46.6 Å². The lowest BCUT2D eigenvalue weighted by Crippen LogP contribution is -2.33. The maximum Gasteiger partial charge on any atom is 0.385 e. The second kappa shape index (κ2) is 9.60. The maximum absolute atomic E-state index is 13.2. The molecule has 0 bridgehead atoms. The molecule has 4 rings (SSSR count). The van der Waals surface area contributed by atoms with Crippen LogP contribution in [0.2, 0.25) is 0 Å². The van der Waals surface area contributed by atoms with Crippen molar-refractivity contribution in [3.05, 3.63) is 126 Å². The predicted molar refractivity (Wildman–Crippen MR) is 124 cm³/mol. The summed E-state index contributed by atoms with van der Waals surface area (Å²) in [4.78, 5) is 0. The number of hydrogen-bond donors (Lipinski definition) is 0. The lowest BCUT2D eigenvalue weighted by atomic mass is 10.1. The summed E-state index contributed by atoms with van der Waals surface area (Å²) < 4.78 is 33.2. The Morgan fingerprint density at radius 2 is 0.968 bits per heavy atom. The Labute approximate surface area is 183 Å². The van der Waals surface area contributed by atoms with Crippen LogP contribution in [0.1, 0.15) is 11.1 Å². The van der Waals surface area contributed by atoms with Crippen LogP contribution in [0.25, 0.3) is 11.1 Å². The van der Waals surface area contributed by atoms with Gasteiger partial charge in [0.15, 0.2) is 0 Å². The van der Waals surface area contributed by atoms with Gasteiger partial charge in [0.25, 0.3) is 0 Å². The molecule has 0 spiro atoms. The van der Waals surface area contributed by atoms with Crippen molar-refractivity contribution < 1.29 is 12.6 Å². The molecular weight excluding hydrogens is 406 g/mol. The van der Waals surface area contributed by atoms with E-state index in [0.29, 0.717) is 0 Å². The number of rotatable bonds is 8. The van der Waals surface area contributed by atoms with Gasteiger partial charge in [-0.25, -0.2) is 0 Å². The Morgan fingerprint density at radius 1 is 0.548 bits per heavy atom. The third-order valence-electron chi connectivity index (χ3n) is 4.88. The van der Waals surface area contributed by atoms with Crippen molar-refractivity contribution in [3.63, 3.8) is 0 Å². The highest BCUT2D eigenvalue weighted by atomic mass is 32.2. The van der Waals surface area contributed by atoms with Crippen LogP contribution in [0, 0.1) is 0 Å². The van der Waals surface area contributed by atoms with E-state index in [-0.39, 0.29) is 18.8 Å². The molecule has 0 atom stereocenters. The number of nitrogens with zero attached hydrogens (tertiary/aromatic N) is 1. The fourth-order valence-electron chi connectivity index (χ4n) is 3.30. The molecule has 0 fully saturated rings. The molecule has 5 heteroatoms. The Morgan fingerprint density at radius 3 is 1.45 bits per heavy atom. The molecule has 0 aliphatic heterocycles. The van der Waals surface area contributed by atoms with E-state index < -0.39 is 10.3 Å². The standard InChI is InChI=1S/C26H23NO3S/c28-31(29,30-26-18-16-25(17-19-26)24-14-8-3-9-15-24)27(20-22-10-4-1-5-11-22)21-23-12-6-2-7-13-23/h1-19H,20-21H2. The summed E-state index contributed by atoms with van der Waals surface area (Å²) in [6.45, 7) is 0.445. The van der Waals surface area contributed by atoms with Crippen LogP contribution in [-0.4, -0.2) is 12.7 Å². The highest BCUT2D eigenvalue weighted by Crippen LogP contribution is 2.24. The van der Waals surface area contributed by atoms with Gasteiger partial charge in [-0.1, -0.05) is 103 Å². The molecule has 0 radical (unpaired) electrons. The Hall–Kier alpha value is -3.41. The van der Waals surface area contributed by atoms with Crippen LogP contribution < -0.4 is 4.18 Å². The van der Waals surface area contributed by atoms with Crippen molar-refractivity contribution in [1.82, 2.24) is 4.31 Å². The summed E-state index contributed by atoms with van der Waals surface area (Å²) in [6.07, 6.45) is 0. The molecule has 0 aliphatic rings. The van der Waals surface area contributed by atoms with E-state index in [1.807, 2.05) is 103 Å². The zero-order valence-corrected chi connectivity index (χ0v) is 17.8. The first kappa shape index (κ1) is 20.8. The number of hydrogen-bond acceptors (Lipinski definition) is 3. The van der Waals surface area contributed by atoms with Gasteiger partial charge >= 0.3 is 10.3 Å². The predicted octanol–water partition coefficient (Wildman–Crippen LogP) is 5.68. The molecule has 0 saturated heterocycles. The largest absolute Gasteiger partial charge is 0.385 e. The highest BCUT2D eigenvalue weighted by molar-refractivity contribution is 7.84. The SMILES string of the molecule is O=S(=O)(Oc1ccc(-c2ccccc2)cc1)N(Cc1ccccc1)Cc1ccccc1. The molecule has 0 amide bonds. The normalized spacial score (nSPS) is 11.4. The van der Waals surface area contributed by atoms with Crippen molar-refractivity contribution in [1.29, 1.82) is 0 Å². The lowest BCUT2D eigenvalue weighted by Gasteiger charge is -2.22. The summed E-state index contributed by atoms with van der Waals surface area (Å²) in [7, 11) is -4.02. The van der Waals surface area contributed by atoms with Crippen molar-refractivity contribution in [2.75, 3.05) is 0 Å². The van der Waals surface area contributed by atoms with E-state index in [4.69, 9.17) is 4.18 Å². The molecule has 4 aromatic carbocycles. The van der Waals surface area contributed by atoms with E-state index in [0.717, 1.165) is 22.3 Å². The first-order valence-electron chi connectivity index (χ1n) is 10.0. The Balaban J connectivity index is 1.56. The van der Waals surface area contributed by atoms with E-state index in [1.165, 1.54) is 4.31 Å². The molecular formula is C26H23NO3S. The van der Waals surface area contributed by atoms with Crippen molar-refractivity contribution in [2.24, 2.45) is 0 Å². The van der Waals surface area contributed by atoms with Crippen LogP contribution in [0.5, 0.6) is 5.75 Å². The summed E-state index contributed by atoms with van der Waals surface area (Å²) in [5.41, 5.74) is 3.84. The molecule has 0 saturated carbocycles. The molecule has 0 N–H and O–H groups in total. The quantitative estimate of drug-likeness (QED) is 0.362. The van der Waals surface area contributed by atoms with Crippen LogP contribution in [-0.2, 0) is 23.4 Å². The molecule has 0 unspecified atom stereocenters. The van der Waals surface area contributed by atoms with Gasteiger partial charge in [0.1, 0.15) is 5.75 Å². The minimum absolute atomic E-state index is 0.222. The molecule has 0 aromatic heterocycles. The highest BCUT2D eigenvalue weighted by Gasteiger charge is 2.25. The molecule has 156 valence electrons. The van der Waals surface area contributed by atoms with Crippen LogP contribution in [0.3, 0.4) is 0 Å². The van der Waals surface area contributed by atoms with Gasteiger partial charge in [0.05, 0.1) is 0 Å². The molecule has 0 heterocycles. The lowest BCUT2D eigenvalue weighted by molar-refractivity contribution is 0.346. The van der Waals surface area contributed by atoms with Crippen molar-refractivity contribution in [3.8, 4) is 16.9 Å². The van der Waals surface area contributed by atoms with Gasteiger partial charge in [0.2, 0.25) is 0 Å². The summed E-state index contributed by atoms with van der Waals surface area (Å²) in [5.74, 6) is 0.283. The fraction of sp³-hybridized carbons (Fsp3) is 0.0769. The fourth-order valence-corrected chi connectivity index (χ4v) is 4.37. The summed E-state index contributed by atoms with van der Waals surface area (Å²) in [5, 5.41) is 0. The minimum Gasteiger partial charge on any atom is -0.371 e. The molecule has 31 heavy (non-hydrogen) atoms. The molecule has 0 aliphatic carbocycles. The zero-order chi connectivity index (χ0) is 21.5. The smallest absolute Gasteiger partial charge is 0.371 e. The second-order valence-electron chi connectivity index (χ2n) is 7.17. The summed E-state index contributed by atoms with van der Waals surface area (Å²) >= 11 is 0. The van der Waals surface area contributed by atoms with Crippen LogP contribution in [0.4, 0.5) is 0 Å². The molecule has 4 nitrogen and oxygen atoms in total. The van der Waals surface area contributed by atoms with Gasteiger partial charge < -0.3 is 4.18 Å². The van der Waals surface area contributed by atoms with E-state index in [9.17, 15) is 8.42 Å². The van der Waals surface area contributed by atoms with Gasteiger partial charge in [-0.2, -0.15) is 12.7 Å². The number of benzene rings is 4. The van der Waals surface area contributed by atoms with E-state index >= 15 is 0 Å². The third-order valence-corrected chi connectivity index (χ3v) is 6.18. The van der Waals surface area contributed by atoms with E-state index in [2.05, 4.69) is 0 Å². The second-order valence-corrected chi connectivity index (χ2v) is 8.71. The average molecular weight is 430 g/mol. The average Bonchev–Trinajstić information content (AvgIpc) is 2.81. The van der Waals surface area contributed by atoms with Gasteiger partial charge in [-0.05, 0) is 34.4 Å². The minimum atomic E-state index is -4.02. The first-order chi connectivity index (χ1) is 15.1. The summed E-state index contributed by atoms with van der Waals surface area (Å²) in [6, 6.07) is 36.0. The van der Waals surface area contributed by atoms with Crippen LogP contribution in [0.15, 0.2) is 115 Å². The van der Waals surface area contributed by atoms with E-state index in [1.54, 1.807) is 12.1 Å². The van der Waals surface area contributed by atoms with Crippen LogP contribution >= 0.6 is 0 Å². The van der Waals surface area contributed by atoms with Crippen molar-refractivity contribution in [2.45, 2.75) is 13.1 Å². The third kappa shape index (κ3) is 5.60. The van der Waals surface area contributed by atoms with Crippen molar-refractivity contribution >= 4 is 10.3 Å². The van der Waals surface area contributed by atoms with Gasteiger partial charge in [-0.3, -0.25) is 0 Å².